The standard InChI is InChI=1S/C44H71NO18/c1-19(2)26(36(55)57-7)45-40(56)42(6)12-8-11-41(5)24(42)9-13-43-15-20(3)44(18-43,14-10-25(41)43)63-39-35(62-37-32(53)30(51)27(48)21(4)58-37)34(29(50)23(17-47)60-39)61-38-33(54)31(52)28(49)22(16-46)59-38/h19,21-35,37-39,46-54H,3,8-18H2,1-2,4-7H3,(H,45,56)/t21-,22-,23-,24+,25+,26-,27-,28-,29-,30+,31+,32-,33-,34+,35-,37+,38+,39+,41-,42-,43-,44+/m1/s1. The van der Waals surface area contributed by atoms with Crippen LogP contribution in [0.25, 0.3) is 0 Å². The smallest absolute Gasteiger partial charge is 0.328 e. The van der Waals surface area contributed by atoms with Gasteiger partial charge in [-0.2, -0.15) is 0 Å². The van der Waals surface area contributed by atoms with E-state index in [2.05, 4.69) is 18.8 Å². The number of aliphatic hydroxyl groups is 9. The minimum atomic E-state index is -1.89. The van der Waals surface area contributed by atoms with Crippen molar-refractivity contribution >= 4 is 11.9 Å². The van der Waals surface area contributed by atoms with Gasteiger partial charge < -0.3 is 84.4 Å². The van der Waals surface area contributed by atoms with Crippen LogP contribution in [0.15, 0.2) is 12.2 Å². The zero-order chi connectivity index (χ0) is 46.1. The second-order valence-electron chi connectivity index (χ2n) is 20.4. The van der Waals surface area contributed by atoms with Gasteiger partial charge in [0, 0.05) is 5.41 Å². The maximum absolute atomic E-state index is 14.3. The van der Waals surface area contributed by atoms with Crippen molar-refractivity contribution in [2.45, 2.75) is 196 Å². The zero-order valence-corrected chi connectivity index (χ0v) is 37.2. The molecular weight excluding hydrogens is 830 g/mol. The van der Waals surface area contributed by atoms with E-state index in [1.165, 1.54) is 14.0 Å². The Morgan fingerprint density at radius 2 is 1.35 bits per heavy atom. The van der Waals surface area contributed by atoms with E-state index in [0.717, 1.165) is 31.3 Å². The summed E-state index contributed by atoms with van der Waals surface area (Å²) in [7, 11) is 1.32. The SMILES string of the molecule is C=C1C[C@@]23CC[C@H]4[C@@](C)(CCC[C@@]4(C)C(=O)N[C@@H](C(=O)OC)C(C)C)[C@@H]2CC[C@]1(O[C@@H]1O[C@H](CO)[C@@H](O)[C@H](O[C@@H]2O[C@H](CO)[C@@H](O)[C@H](O)[C@H]2O)[C@H]1O[C@@H]1O[C@H](C)[C@@H](O)[C@H](O)[C@H]1O)C3. The molecule has 10 N–H and O–H groups in total. The molecule has 19 heteroatoms. The molecule has 63 heavy (non-hydrogen) atoms. The predicted molar refractivity (Wildman–Crippen MR) is 217 cm³/mol. The van der Waals surface area contributed by atoms with Gasteiger partial charge in [-0.25, -0.2) is 4.79 Å². The van der Waals surface area contributed by atoms with Gasteiger partial charge >= 0.3 is 5.97 Å². The Bertz CT molecular complexity index is 1670. The van der Waals surface area contributed by atoms with Crippen molar-refractivity contribution in [2.75, 3.05) is 20.3 Å². The van der Waals surface area contributed by atoms with Crippen LogP contribution in [0, 0.1) is 34.0 Å². The Labute approximate surface area is 368 Å². The fraction of sp³-hybridized carbons (Fsp3) is 0.909. The third-order valence-corrected chi connectivity index (χ3v) is 16.4. The molecule has 360 valence electrons. The number of methoxy groups -OCH3 is 1. The summed E-state index contributed by atoms with van der Waals surface area (Å²) in [6, 6.07) is -0.774. The van der Waals surface area contributed by atoms with Crippen LogP contribution in [0.1, 0.15) is 92.4 Å². The molecule has 7 aliphatic rings. The highest BCUT2D eigenvalue weighted by atomic mass is 16.8. The van der Waals surface area contributed by atoms with Crippen LogP contribution in [0.4, 0.5) is 0 Å². The molecular formula is C44H71NO18. The molecule has 3 saturated heterocycles. The fourth-order valence-electron chi connectivity index (χ4n) is 13.0. The van der Waals surface area contributed by atoms with E-state index < -0.39 is 128 Å². The Kier molecular flexibility index (Phi) is 14.2. The van der Waals surface area contributed by atoms with E-state index >= 15 is 0 Å². The van der Waals surface area contributed by atoms with Gasteiger partial charge in [-0.05, 0) is 92.4 Å². The van der Waals surface area contributed by atoms with Crippen molar-refractivity contribution in [2.24, 2.45) is 34.0 Å². The van der Waals surface area contributed by atoms with Crippen molar-refractivity contribution in [1.29, 1.82) is 0 Å². The molecule has 0 unspecified atom stereocenters. The van der Waals surface area contributed by atoms with Crippen LogP contribution in [-0.2, 0) is 42.7 Å². The second kappa shape index (κ2) is 18.3. The van der Waals surface area contributed by atoms with Gasteiger partial charge in [-0.15, -0.1) is 0 Å². The highest BCUT2D eigenvalue weighted by molar-refractivity contribution is 5.88. The van der Waals surface area contributed by atoms with Crippen LogP contribution < -0.4 is 5.32 Å². The summed E-state index contributed by atoms with van der Waals surface area (Å²) in [5, 5.41) is 99.4. The molecule has 0 radical (unpaired) electrons. The maximum Gasteiger partial charge on any atom is 0.328 e. The quantitative estimate of drug-likeness (QED) is 0.0631. The highest BCUT2D eigenvalue weighted by Gasteiger charge is 2.69. The van der Waals surface area contributed by atoms with Gasteiger partial charge in [0.25, 0.3) is 0 Å². The molecule has 3 aliphatic heterocycles. The predicted octanol–water partition coefficient (Wildman–Crippen LogP) is -1.12. The van der Waals surface area contributed by atoms with Gasteiger partial charge in [0.1, 0.15) is 73.2 Å². The Morgan fingerprint density at radius 3 is 1.98 bits per heavy atom. The molecule has 0 aromatic rings. The van der Waals surface area contributed by atoms with Crippen molar-refractivity contribution in [3.63, 3.8) is 0 Å². The van der Waals surface area contributed by atoms with E-state index in [0.29, 0.717) is 32.1 Å². The van der Waals surface area contributed by atoms with Crippen molar-refractivity contribution in [3.8, 4) is 0 Å². The van der Waals surface area contributed by atoms with Crippen molar-refractivity contribution in [1.82, 2.24) is 5.32 Å². The van der Waals surface area contributed by atoms with Gasteiger partial charge in [0.2, 0.25) is 5.91 Å². The number of hydrogen-bond acceptors (Lipinski definition) is 18. The molecule has 3 heterocycles. The Hall–Kier alpha value is -1.92. The number of ether oxygens (including phenoxy) is 7. The molecule has 22 atom stereocenters. The van der Waals surface area contributed by atoms with Gasteiger partial charge in [-0.3, -0.25) is 4.79 Å². The van der Waals surface area contributed by atoms with Crippen LogP contribution >= 0.6 is 0 Å². The van der Waals surface area contributed by atoms with Crippen LogP contribution in [-0.4, -0.2) is 182 Å². The van der Waals surface area contributed by atoms with E-state index in [1.54, 1.807) is 0 Å². The van der Waals surface area contributed by atoms with E-state index in [9.17, 15) is 55.5 Å². The average molecular weight is 902 g/mol. The number of hydrogen-bond donors (Lipinski definition) is 10. The maximum atomic E-state index is 14.3. The minimum absolute atomic E-state index is 0.0203. The number of nitrogens with one attached hydrogen (secondary N) is 1. The number of fused-ring (bicyclic) bond motifs is 3. The van der Waals surface area contributed by atoms with Gasteiger partial charge in [0.05, 0.1) is 32.0 Å². The van der Waals surface area contributed by atoms with Crippen LogP contribution in [0.5, 0.6) is 0 Å². The lowest BCUT2D eigenvalue weighted by Gasteiger charge is -2.64. The topological polar surface area (TPSA) is 293 Å². The lowest BCUT2D eigenvalue weighted by molar-refractivity contribution is -0.398. The van der Waals surface area contributed by atoms with E-state index in [-0.39, 0.29) is 34.5 Å². The van der Waals surface area contributed by atoms with Crippen LogP contribution in [0.3, 0.4) is 0 Å². The van der Waals surface area contributed by atoms with Gasteiger partial charge in [0.15, 0.2) is 18.9 Å². The molecule has 0 aromatic heterocycles. The largest absolute Gasteiger partial charge is 0.467 e. The molecule has 4 saturated carbocycles. The second-order valence-corrected chi connectivity index (χ2v) is 20.4. The molecule has 4 aliphatic carbocycles. The first-order valence-corrected chi connectivity index (χ1v) is 22.6. The lowest BCUT2D eigenvalue weighted by Crippen LogP contribution is -2.67. The first kappa shape index (κ1) is 49.0. The summed E-state index contributed by atoms with van der Waals surface area (Å²) in [6.07, 6.45) is -17.9. The fourth-order valence-corrected chi connectivity index (χ4v) is 13.0. The van der Waals surface area contributed by atoms with Crippen molar-refractivity contribution in [3.05, 3.63) is 12.2 Å². The summed E-state index contributed by atoms with van der Waals surface area (Å²) >= 11 is 0. The third kappa shape index (κ3) is 8.32. The first-order chi connectivity index (χ1) is 29.6. The number of carbonyl (C=O) groups excluding carboxylic acids is 2. The number of rotatable bonds is 12. The number of esters is 1. The summed E-state index contributed by atoms with van der Waals surface area (Å²) < 4.78 is 42.3. The molecule has 19 nitrogen and oxygen atoms in total. The number of carbonyl (C=O) groups is 2. The first-order valence-electron chi connectivity index (χ1n) is 22.6. The molecule has 2 bridgehead atoms. The Balaban J connectivity index is 1.18. The monoisotopic (exact) mass is 901 g/mol. The lowest BCUT2D eigenvalue weighted by atomic mass is 9.40. The highest BCUT2D eigenvalue weighted by Crippen LogP contribution is 2.73. The molecule has 1 amide bonds. The van der Waals surface area contributed by atoms with E-state index in [1.807, 2.05) is 20.8 Å². The molecule has 7 rings (SSSR count). The zero-order valence-electron chi connectivity index (χ0n) is 37.2. The summed E-state index contributed by atoms with van der Waals surface area (Å²) in [6.45, 7) is 12.6. The van der Waals surface area contributed by atoms with Crippen LogP contribution in [0.2, 0.25) is 0 Å². The van der Waals surface area contributed by atoms with Gasteiger partial charge in [-0.1, -0.05) is 40.7 Å². The van der Waals surface area contributed by atoms with E-state index in [4.69, 9.17) is 33.2 Å². The number of aliphatic hydroxyl groups excluding tert-OH is 9. The molecule has 7 fully saturated rings. The normalized spacial score (nSPS) is 50.3. The average Bonchev–Trinajstić information content (AvgIpc) is 3.44. The summed E-state index contributed by atoms with van der Waals surface area (Å²) in [4.78, 5) is 27.0. The van der Waals surface area contributed by atoms with Crippen molar-refractivity contribution < 1.29 is 88.7 Å². The number of amides is 1. The molecule has 1 spiro atoms. The third-order valence-electron chi connectivity index (χ3n) is 16.4. The summed E-state index contributed by atoms with van der Waals surface area (Å²) in [5.74, 6) is -0.606. The minimum Gasteiger partial charge on any atom is -0.467 e. The Morgan fingerprint density at radius 1 is 0.762 bits per heavy atom. The summed E-state index contributed by atoms with van der Waals surface area (Å²) in [5.41, 5.74) is -1.51. The molecule has 0 aromatic carbocycles.